The average Bonchev–Trinajstić information content (AvgIpc) is 3.29. The van der Waals surface area contributed by atoms with E-state index >= 15 is 0 Å². The molecule has 0 fully saturated rings. The van der Waals surface area contributed by atoms with Crippen LogP contribution in [0.15, 0.2) is 65.8 Å². The van der Waals surface area contributed by atoms with Crippen molar-refractivity contribution in [3.63, 3.8) is 0 Å². The molecule has 0 bridgehead atoms. The van der Waals surface area contributed by atoms with E-state index in [1.54, 1.807) is 18.5 Å². The molecule has 0 radical (unpaired) electrons. The minimum absolute atomic E-state index is 0.310. The molecule has 4 heterocycles. The number of halogens is 2. The quantitative estimate of drug-likeness (QED) is 0.328. The number of hydrogen-bond donors (Lipinski definition) is 1. The van der Waals surface area contributed by atoms with Gasteiger partial charge in [-0.05, 0) is 77.5 Å². The van der Waals surface area contributed by atoms with E-state index in [9.17, 15) is 8.60 Å². The highest BCUT2D eigenvalue weighted by molar-refractivity contribution is 9.10. The van der Waals surface area contributed by atoms with Gasteiger partial charge in [0, 0.05) is 41.6 Å². The van der Waals surface area contributed by atoms with Gasteiger partial charge >= 0.3 is 0 Å². The van der Waals surface area contributed by atoms with E-state index < -0.39 is 21.1 Å². The fourth-order valence-electron chi connectivity index (χ4n) is 5.08. The molecule has 0 aliphatic carbocycles. The Hall–Kier alpha value is -3.02. The smallest absolute Gasteiger partial charge is 0.156 e. The second-order valence-electron chi connectivity index (χ2n) is 10.4. The van der Waals surface area contributed by atoms with Gasteiger partial charge in [-0.25, -0.2) is 28.1 Å². The summed E-state index contributed by atoms with van der Waals surface area (Å²) in [4.78, 5) is 16.2. The average molecular weight is 599 g/mol. The molecule has 0 saturated carbocycles. The lowest BCUT2D eigenvalue weighted by molar-refractivity contribution is 0.443. The second-order valence-corrected chi connectivity index (χ2v) is 13.0. The summed E-state index contributed by atoms with van der Waals surface area (Å²) < 4.78 is 28.1. The van der Waals surface area contributed by atoms with Crippen LogP contribution in [-0.2, 0) is 16.4 Å². The summed E-state index contributed by atoms with van der Waals surface area (Å²) in [5, 5.41) is 10.1. The molecule has 3 aromatic heterocycles. The minimum atomic E-state index is -1.55. The number of aromatic nitrogens is 5. The first-order valence-corrected chi connectivity index (χ1v) is 14.3. The molecule has 0 spiro atoms. The van der Waals surface area contributed by atoms with E-state index in [0.717, 1.165) is 45.5 Å². The van der Waals surface area contributed by atoms with E-state index in [2.05, 4.69) is 37.0 Å². The summed E-state index contributed by atoms with van der Waals surface area (Å²) in [6.45, 7) is 7.23. The predicted octanol–water partition coefficient (Wildman–Crippen LogP) is 4.81. The van der Waals surface area contributed by atoms with Crippen molar-refractivity contribution >= 4 is 43.8 Å². The molecular formula is C27H29BrFN7OS. The maximum Gasteiger partial charge on any atom is 0.156 e. The fraction of sp³-hybridized carbons (Fsp3) is 0.333. The van der Waals surface area contributed by atoms with Gasteiger partial charge in [-0.3, -0.25) is 5.14 Å². The van der Waals surface area contributed by atoms with E-state index in [1.165, 1.54) is 12.1 Å². The highest BCUT2D eigenvalue weighted by Crippen LogP contribution is 2.40. The Morgan fingerprint density at radius 3 is 2.45 bits per heavy atom. The van der Waals surface area contributed by atoms with E-state index in [-0.39, 0.29) is 5.82 Å². The lowest BCUT2D eigenvalue weighted by Gasteiger charge is -2.37. The lowest BCUT2D eigenvalue weighted by atomic mass is 9.71. The number of nitrogens with zero attached hydrogens (tertiary/aromatic N) is 6. The molecule has 0 amide bonds. The van der Waals surface area contributed by atoms with Gasteiger partial charge in [0.2, 0.25) is 0 Å². The minimum Gasteiger partial charge on any atom is -0.351 e. The third-order valence-electron chi connectivity index (χ3n) is 7.24. The summed E-state index contributed by atoms with van der Waals surface area (Å²) in [6, 6.07) is 8.39. The zero-order valence-electron chi connectivity index (χ0n) is 21.4. The highest BCUT2D eigenvalue weighted by atomic mass is 79.9. The van der Waals surface area contributed by atoms with Gasteiger partial charge in [-0.15, -0.1) is 0 Å². The fourth-order valence-corrected chi connectivity index (χ4v) is 5.93. The lowest BCUT2D eigenvalue weighted by Crippen LogP contribution is -2.40. The zero-order valence-corrected chi connectivity index (χ0v) is 23.8. The Kier molecular flexibility index (Phi) is 7.19. The van der Waals surface area contributed by atoms with Crippen LogP contribution in [0, 0.1) is 5.82 Å². The molecule has 8 nitrogen and oxygen atoms in total. The van der Waals surface area contributed by atoms with Gasteiger partial charge in [0.15, 0.2) is 11.6 Å². The molecule has 1 aromatic carbocycles. The summed E-state index contributed by atoms with van der Waals surface area (Å²) in [6.07, 6.45) is 10.5. The third-order valence-corrected chi connectivity index (χ3v) is 8.91. The molecule has 4 aromatic rings. The van der Waals surface area contributed by atoms with Gasteiger partial charge < -0.3 is 4.90 Å². The van der Waals surface area contributed by atoms with Crippen LogP contribution in [0.25, 0.3) is 11.1 Å². The van der Waals surface area contributed by atoms with Crippen molar-refractivity contribution in [1.29, 1.82) is 0 Å². The summed E-state index contributed by atoms with van der Waals surface area (Å²) in [5.74, 6) is 1.25. The van der Waals surface area contributed by atoms with E-state index in [0.29, 0.717) is 18.8 Å². The molecule has 38 heavy (non-hydrogen) atoms. The van der Waals surface area contributed by atoms with Crippen molar-refractivity contribution in [3.8, 4) is 0 Å². The summed E-state index contributed by atoms with van der Waals surface area (Å²) in [5.41, 5.74) is 3.13. The van der Waals surface area contributed by atoms with Crippen LogP contribution in [0.3, 0.4) is 0 Å². The van der Waals surface area contributed by atoms with Crippen LogP contribution in [0.1, 0.15) is 50.6 Å². The number of rotatable bonds is 7. The van der Waals surface area contributed by atoms with Crippen LogP contribution < -0.4 is 10.0 Å². The molecule has 1 unspecified atom stereocenters. The van der Waals surface area contributed by atoms with Gasteiger partial charge in [-0.2, -0.15) is 5.10 Å². The summed E-state index contributed by atoms with van der Waals surface area (Å²) in [7, 11) is -1.55. The molecule has 198 valence electrons. The van der Waals surface area contributed by atoms with Crippen LogP contribution in [0.2, 0.25) is 0 Å². The third kappa shape index (κ3) is 5.14. The van der Waals surface area contributed by atoms with Crippen molar-refractivity contribution in [1.82, 2.24) is 24.6 Å². The molecule has 0 saturated heterocycles. The van der Waals surface area contributed by atoms with Crippen LogP contribution >= 0.6 is 15.9 Å². The Balaban J connectivity index is 1.41. The second kappa shape index (κ2) is 10.3. The summed E-state index contributed by atoms with van der Waals surface area (Å²) >= 11 is 3.51. The molecule has 1 aliphatic rings. The van der Waals surface area contributed by atoms with Crippen molar-refractivity contribution in [2.75, 3.05) is 18.0 Å². The number of nitrogens with two attached hydrogens (primary N) is 1. The Labute approximate surface area is 231 Å². The van der Waals surface area contributed by atoms with Crippen molar-refractivity contribution in [2.24, 2.45) is 5.14 Å². The zero-order chi connectivity index (χ0) is 27.1. The highest BCUT2D eigenvalue weighted by Gasteiger charge is 2.38. The van der Waals surface area contributed by atoms with Crippen LogP contribution in [-0.4, -0.2) is 46.6 Å². The van der Waals surface area contributed by atoms with Gasteiger partial charge in [0.1, 0.15) is 17.7 Å². The van der Waals surface area contributed by atoms with E-state index in [4.69, 9.17) is 15.1 Å². The first kappa shape index (κ1) is 26.6. The van der Waals surface area contributed by atoms with Crippen molar-refractivity contribution in [2.45, 2.75) is 43.8 Å². The Morgan fingerprint density at radius 1 is 1.11 bits per heavy atom. The standard InChI is InChI=1S/C27H29BrFN7OS/c1-26(2,38(30)37)16-27(3,19-4-6-22(29)7-5-19)20-13-31-24(32-14-20)18-8-10-35(11-9-18)25-23-12-21(28)15-36(23)34-17-33-25/h4-8,12-15,17H,9-11,16,30H2,1-3H3/t27-,38?/m0/s1. The van der Waals surface area contributed by atoms with Gasteiger partial charge in [0.25, 0.3) is 0 Å². The number of anilines is 1. The monoisotopic (exact) mass is 597 g/mol. The van der Waals surface area contributed by atoms with Gasteiger partial charge in [0.05, 0.1) is 15.7 Å². The van der Waals surface area contributed by atoms with E-state index in [1.807, 2.05) is 49.9 Å². The van der Waals surface area contributed by atoms with Crippen molar-refractivity contribution < 1.29 is 8.60 Å². The number of hydrogen-bond acceptors (Lipinski definition) is 6. The van der Waals surface area contributed by atoms with Crippen molar-refractivity contribution in [3.05, 3.63) is 88.6 Å². The Morgan fingerprint density at radius 2 is 1.82 bits per heavy atom. The normalized spacial score (nSPS) is 16.8. The molecule has 11 heteroatoms. The number of benzene rings is 1. The van der Waals surface area contributed by atoms with Gasteiger partial charge in [-0.1, -0.05) is 25.1 Å². The molecule has 5 rings (SSSR count). The molecule has 2 N–H and O–H groups in total. The topological polar surface area (TPSA) is 102 Å². The SMILES string of the molecule is CC(C)(C[C@@](C)(c1ccc(F)cc1)c1cnc(C2=CCN(c3ncnn4cc(Br)cc34)CC2)nc1)S(N)=O. The maximum absolute atomic E-state index is 13.7. The predicted molar refractivity (Wildman–Crippen MR) is 151 cm³/mol. The maximum atomic E-state index is 13.7. The first-order valence-electron chi connectivity index (χ1n) is 12.2. The molecular weight excluding hydrogens is 569 g/mol. The molecule has 1 aliphatic heterocycles. The van der Waals surface area contributed by atoms with Crippen LogP contribution in [0.4, 0.5) is 10.2 Å². The first-order chi connectivity index (χ1) is 18.1. The number of fused-ring (bicyclic) bond motifs is 1. The Bertz CT molecular complexity index is 1520. The molecule has 2 atom stereocenters. The van der Waals surface area contributed by atoms with Crippen LogP contribution in [0.5, 0.6) is 0 Å². The largest absolute Gasteiger partial charge is 0.351 e.